The van der Waals surface area contributed by atoms with Gasteiger partial charge in [-0.25, -0.2) is 9.97 Å². The Bertz CT molecular complexity index is 1150. The molecule has 2 N–H and O–H groups in total. The number of nitrogens with zero attached hydrogens (tertiary/aromatic N) is 2. The van der Waals surface area contributed by atoms with Gasteiger partial charge in [-0.15, -0.1) is 0 Å². The zero-order valence-corrected chi connectivity index (χ0v) is 15.4. The average Bonchev–Trinajstić information content (AvgIpc) is 3.17. The van der Waals surface area contributed by atoms with Crippen molar-refractivity contribution in [3.63, 3.8) is 0 Å². The smallest absolute Gasteiger partial charge is 0.202 e. The van der Waals surface area contributed by atoms with Crippen molar-refractivity contribution in [2.24, 2.45) is 0 Å². The molecule has 3 heterocycles. The number of nitrogen functional groups attached to an aromatic ring is 1. The summed E-state index contributed by atoms with van der Waals surface area (Å²) in [6, 6.07) is 15.6. The van der Waals surface area contributed by atoms with Crippen molar-refractivity contribution in [2.45, 2.75) is 12.3 Å². The summed E-state index contributed by atoms with van der Waals surface area (Å²) in [7, 11) is 1.66. The van der Waals surface area contributed by atoms with Crippen LogP contribution in [0.3, 0.4) is 0 Å². The first kappa shape index (κ1) is 16.6. The van der Waals surface area contributed by atoms with E-state index in [2.05, 4.69) is 9.97 Å². The van der Waals surface area contributed by atoms with Crippen LogP contribution in [0.15, 0.2) is 59.1 Å². The Morgan fingerprint density at radius 3 is 2.79 bits per heavy atom. The number of pyridine rings is 1. The van der Waals surface area contributed by atoms with Crippen LogP contribution in [0.1, 0.15) is 17.4 Å². The maximum atomic E-state index is 6.10. The third-order valence-corrected chi connectivity index (χ3v) is 5.05. The second-order valence-electron chi connectivity index (χ2n) is 6.89. The Morgan fingerprint density at radius 1 is 1.07 bits per heavy atom. The van der Waals surface area contributed by atoms with Gasteiger partial charge in [-0.2, -0.15) is 0 Å². The lowest BCUT2D eigenvalue weighted by Crippen LogP contribution is -2.19. The molecule has 6 heteroatoms. The minimum Gasteiger partial charge on any atom is -0.497 e. The molecule has 28 heavy (non-hydrogen) atoms. The first-order valence-corrected chi connectivity index (χ1v) is 9.12. The number of anilines is 1. The first-order chi connectivity index (χ1) is 13.7. The normalized spacial score (nSPS) is 15.8. The van der Waals surface area contributed by atoms with Crippen molar-refractivity contribution in [3.8, 4) is 22.6 Å². The van der Waals surface area contributed by atoms with E-state index in [9.17, 15) is 0 Å². The molecule has 140 valence electrons. The Balaban J connectivity index is 1.46. The molecule has 0 unspecified atom stereocenters. The number of benzene rings is 2. The van der Waals surface area contributed by atoms with E-state index in [0.29, 0.717) is 18.3 Å². The Hall–Kier alpha value is -3.54. The lowest BCUT2D eigenvalue weighted by atomic mass is 9.96. The highest BCUT2D eigenvalue weighted by Crippen LogP contribution is 2.35. The van der Waals surface area contributed by atoms with Crippen molar-refractivity contribution >= 4 is 16.9 Å². The molecule has 4 aromatic rings. The summed E-state index contributed by atoms with van der Waals surface area (Å²) < 4.78 is 17.3. The quantitative estimate of drug-likeness (QED) is 0.579. The predicted octanol–water partition coefficient (Wildman–Crippen LogP) is 4.20. The highest BCUT2D eigenvalue weighted by atomic mass is 16.5. The number of hydrogen-bond acceptors (Lipinski definition) is 6. The SMILES string of the molecule is COc1ccc2c(c1)C[C@@H](c1nc3ccc(-c4ccc(N)nc4)cc3o1)CO2. The second-order valence-corrected chi connectivity index (χ2v) is 6.89. The van der Waals surface area contributed by atoms with Crippen molar-refractivity contribution < 1.29 is 13.9 Å². The van der Waals surface area contributed by atoms with E-state index >= 15 is 0 Å². The van der Waals surface area contributed by atoms with E-state index in [0.717, 1.165) is 45.7 Å². The van der Waals surface area contributed by atoms with E-state index in [4.69, 9.17) is 19.6 Å². The van der Waals surface area contributed by atoms with Gasteiger partial charge in [0.1, 0.15) is 29.4 Å². The number of rotatable bonds is 3. The summed E-state index contributed by atoms with van der Waals surface area (Å²) in [6.07, 6.45) is 2.56. The number of hydrogen-bond donors (Lipinski definition) is 1. The number of fused-ring (bicyclic) bond motifs is 2. The molecule has 0 aliphatic carbocycles. The van der Waals surface area contributed by atoms with Crippen molar-refractivity contribution in [2.75, 3.05) is 19.5 Å². The topological polar surface area (TPSA) is 83.4 Å². The van der Waals surface area contributed by atoms with Crippen LogP contribution in [0, 0.1) is 0 Å². The van der Waals surface area contributed by atoms with Crippen LogP contribution >= 0.6 is 0 Å². The van der Waals surface area contributed by atoms with Gasteiger partial charge in [-0.05, 0) is 60.0 Å². The molecule has 0 saturated carbocycles. The highest BCUT2D eigenvalue weighted by molar-refractivity contribution is 5.80. The van der Waals surface area contributed by atoms with Crippen LogP contribution in [0.4, 0.5) is 5.82 Å². The fraction of sp³-hybridized carbons (Fsp3) is 0.182. The minimum absolute atomic E-state index is 0.0636. The van der Waals surface area contributed by atoms with Gasteiger partial charge in [-0.3, -0.25) is 0 Å². The molecule has 5 rings (SSSR count). The van der Waals surface area contributed by atoms with E-state index in [1.807, 2.05) is 42.5 Å². The summed E-state index contributed by atoms with van der Waals surface area (Å²) in [6.45, 7) is 0.543. The minimum atomic E-state index is 0.0636. The zero-order valence-electron chi connectivity index (χ0n) is 15.4. The van der Waals surface area contributed by atoms with Gasteiger partial charge >= 0.3 is 0 Å². The number of nitrogens with two attached hydrogens (primary N) is 1. The van der Waals surface area contributed by atoms with Gasteiger partial charge in [0, 0.05) is 11.8 Å². The van der Waals surface area contributed by atoms with Gasteiger partial charge in [0.15, 0.2) is 5.58 Å². The molecule has 0 bridgehead atoms. The molecule has 0 amide bonds. The Kier molecular flexibility index (Phi) is 3.90. The van der Waals surface area contributed by atoms with Crippen molar-refractivity contribution in [3.05, 3.63) is 66.2 Å². The zero-order chi connectivity index (χ0) is 19.1. The number of ether oxygens (including phenoxy) is 2. The molecular weight excluding hydrogens is 354 g/mol. The van der Waals surface area contributed by atoms with Crippen LogP contribution in [0.2, 0.25) is 0 Å². The monoisotopic (exact) mass is 373 g/mol. The fourth-order valence-corrected chi connectivity index (χ4v) is 3.53. The summed E-state index contributed by atoms with van der Waals surface area (Å²) in [4.78, 5) is 8.84. The van der Waals surface area contributed by atoms with Gasteiger partial charge in [0.2, 0.25) is 5.89 Å². The third kappa shape index (κ3) is 2.93. The summed E-state index contributed by atoms with van der Waals surface area (Å²) in [5.74, 6) is 2.97. The van der Waals surface area contributed by atoms with E-state index in [1.54, 1.807) is 19.4 Å². The highest BCUT2D eigenvalue weighted by Gasteiger charge is 2.26. The standard InChI is InChI=1S/C22H19N3O3/c1-26-17-4-6-19-15(9-17)8-16(12-27-19)22-25-18-5-2-13(10-20(18)28-22)14-3-7-21(23)24-11-14/h2-7,9-11,16H,8,12H2,1H3,(H2,23,24)/t16-/m1/s1. The van der Waals surface area contributed by atoms with Crippen LogP contribution in [-0.4, -0.2) is 23.7 Å². The molecule has 1 aliphatic rings. The fourth-order valence-electron chi connectivity index (χ4n) is 3.53. The van der Waals surface area contributed by atoms with E-state index < -0.39 is 0 Å². The molecule has 1 aliphatic heterocycles. The molecule has 1 atom stereocenters. The molecule has 0 radical (unpaired) electrons. The molecule has 0 spiro atoms. The Morgan fingerprint density at radius 2 is 1.96 bits per heavy atom. The van der Waals surface area contributed by atoms with E-state index in [-0.39, 0.29) is 5.92 Å². The van der Waals surface area contributed by atoms with Crippen LogP contribution < -0.4 is 15.2 Å². The Labute approximate surface area is 161 Å². The van der Waals surface area contributed by atoms with E-state index in [1.165, 1.54) is 0 Å². The van der Waals surface area contributed by atoms with Gasteiger partial charge in [0.25, 0.3) is 0 Å². The summed E-state index contributed by atoms with van der Waals surface area (Å²) in [5.41, 5.74) is 10.4. The van der Waals surface area contributed by atoms with Crippen molar-refractivity contribution in [1.82, 2.24) is 9.97 Å². The molecular formula is C22H19N3O3. The van der Waals surface area contributed by atoms with Gasteiger partial charge in [0.05, 0.1) is 13.0 Å². The van der Waals surface area contributed by atoms with Crippen LogP contribution in [0.25, 0.3) is 22.2 Å². The predicted molar refractivity (Wildman–Crippen MR) is 107 cm³/mol. The summed E-state index contributed by atoms with van der Waals surface area (Å²) >= 11 is 0. The lowest BCUT2D eigenvalue weighted by molar-refractivity contribution is 0.243. The maximum absolute atomic E-state index is 6.10. The molecule has 0 fully saturated rings. The number of aromatic nitrogens is 2. The molecule has 2 aromatic heterocycles. The summed E-state index contributed by atoms with van der Waals surface area (Å²) in [5, 5.41) is 0. The van der Waals surface area contributed by atoms with Gasteiger partial charge < -0.3 is 19.6 Å². The van der Waals surface area contributed by atoms with Crippen LogP contribution in [-0.2, 0) is 6.42 Å². The number of oxazole rings is 1. The van der Waals surface area contributed by atoms with Crippen molar-refractivity contribution in [1.29, 1.82) is 0 Å². The largest absolute Gasteiger partial charge is 0.497 e. The lowest BCUT2D eigenvalue weighted by Gasteiger charge is -2.23. The maximum Gasteiger partial charge on any atom is 0.202 e. The molecule has 2 aromatic carbocycles. The molecule has 6 nitrogen and oxygen atoms in total. The number of methoxy groups -OCH3 is 1. The third-order valence-electron chi connectivity index (χ3n) is 5.05. The average molecular weight is 373 g/mol. The van der Waals surface area contributed by atoms with Gasteiger partial charge in [-0.1, -0.05) is 6.07 Å². The molecule has 0 saturated heterocycles. The first-order valence-electron chi connectivity index (χ1n) is 9.12. The van der Waals surface area contributed by atoms with Crippen LogP contribution in [0.5, 0.6) is 11.5 Å². The second kappa shape index (κ2) is 6.56.